The summed E-state index contributed by atoms with van der Waals surface area (Å²) in [4.78, 5) is 2.35. The van der Waals surface area contributed by atoms with E-state index in [1.54, 1.807) is 0 Å². The molecule has 1 heterocycles. The summed E-state index contributed by atoms with van der Waals surface area (Å²) in [6.07, 6.45) is -3.66. The average molecular weight is 444 g/mol. The monoisotopic (exact) mass is 443 g/mol. The lowest BCUT2D eigenvalue weighted by Gasteiger charge is -2.41. The lowest BCUT2D eigenvalue weighted by Crippen LogP contribution is -2.44. The number of halogens is 4. The molecule has 2 nitrogen and oxygen atoms in total. The molecule has 1 N–H and O–H groups in total. The first-order chi connectivity index (χ1) is 14.8. The molecule has 1 aliphatic heterocycles. The van der Waals surface area contributed by atoms with Crippen LogP contribution in [-0.2, 0) is 11.8 Å². The minimum atomic E-state index is -4.51. The quantitative estimate of drug-likeness (QED) is 0.494. The van der Waals surface area contributed by atoms with E-state index < -0.39 is 17.3 Å². The molecular weight excluding hydrogens is 423 g/mol. The van der Waals surface area contributed by atoms with E-state index >= 15 is 0 Å². The van der Waals surface area contributed by atoms with Gasteiger partial charge in [0.1, 0.15) is 0 Å². The molecular formula is C25H21ClF3NO. The molecule has 0 aromatic heterocycles. The van der Waals surface area contributed by atoms with Crippen LogP contribution in [-0.4, -0.2) is 23.1 Å². The molecule has 2 aliphatic rings. The summed E-state index contributed by atoms with van der Waals surface area (Å²) in [5, 5.41) is 10.9. The Balaban J connectivity index is 1.40. The van der Waals surface area contributed by atoms with E-state index in [4.69, 9.17) is 11.6 Å². The zero-order chi connectivity index (χ0) is 21.8. The Morgan fingerprint density at radius 1 is 0.871 bits per heavy atom. The van der Waals surface area contributed by atoms with E-state index in [1.807, 2.05) is 24.3 Å². The van der Waals surface area contributed by atoms with E-state index in [1.165, 1.54) is 34.4 Å². The molecule has 0 radical (unpaired) electrons. The summed E-state index contributed by atoms with van der Waals surface area (Å²) >= 11 is 5.90. The smallest absolute Gasteiger partial charge is 0.385 e. The highest BCUT2D eigenvalue weighted by Gasteiger charge is 2.41. The summed E-state index contributed by atoms with van der Waals surface area (Å²) < 4.78 is 39.1. The zero-order valence-corrected chi connectivity index (χ0v) is 17.4. The van der Waals surface area contributed by atoms with Gasteiger partial charge >= 0.3 is 6.18 Å². The van der Waals surface area contributed by atoms with Crippen molar-refractivity contribution in [3.8, 4) is 11.1 Å². The van der Waals surface area contributed by atoms with Crippen molar-refractivity contribution in [3.63, 3.8) is 0 Å². The fraction of sp³-hybridized carbons (Fsp3) is 0.280. The van der Waals surface area contributed by atoms with E-state index in [2.05, 4.69) is 29.2 Å². The van der Waals surface area contributed by atoms with Crippen LogP contribution in [0.4, 0.5) is 13.2 Å². The Kier molecular flexibility index (Phi) is 4.88. The van der Waals surface area contributed by atoms with Crippen LogP contribution >= 0.6 is 11.6 Å². The first-order valence-electron chi connectivity index (χ1n) is 10.3. The van der Waals surface area contributed by atoms with Crippen molar-refractivity contribution in [1.29, 1.82) is 0 Å². The number of fused-ring (bicyclic) bond motifs is 3. The Morgan fingerprint density at radius 3 is 1.94 bits per heavy atom. The normalized spacial score (nSPS) is 18.6. The van der Waals surface area contributed by atoms with Crippen molar-refractivity contribution >= 4 is 11.6 Å². The van der Waals surface area contributed by atoms with Gasteiger partial charge in [-0.25, -0.2) is 0 Å². The van der Waals surface area contributed by atoms with Crippen molar-refractivity contribution < 1.29 is 18.3 Å². The summed E-state index contributed by atoms with van der Waals surface area (Å²) in [7, 11) is 0. The van der Waals surface area contributed by atoms with Crippen LogP contribution in [0.3, 0.4) is 0 Å². The van der Waals surface area contributed by atoms with E-state index in [0.717, 1.165) is 6.07 Å². The predicted molar refractivity (Wildman–Crippen MR) is 115 cm³/mol. The molecule has 0 spiro atoms. The third-order valence-electron chi connectivity index (χ3n) is 6.60. The first-order valence-corrected chi connectivity index (χ1v) is 10.7. The van der Waals surface area contributed by atoms with Crippen LogP contribution in [0, 0.1) is 0 Å². The maximum atomic E-state index is 13.0. The van der Waals surface area contributed by atoms with Gasteiger partial charge in [-0.2, -0.15) is 13.2 Å². The fourth-order valence-corrected chi connectivity index (χ4v) is 5.29. The molecule has 3 aromatic rings. The van der Waals surface area contributed by atoms with Crippen LogP contribution in [0.15, 0.2) is 66.7 Å². The minimum absolute atomic E-state index is 0.119. The third-order valence-corrected chi connectivity index (χ3v) is 6.92. The van der Waals surface area contributed by atoms with E-state index in [-0.39, 0.29) is 11.1 Å². The number of nitrogens with zero attached hydrogens (tertiary/aromatic N) is 1. The molecule has 1 saturated heterocycles. The zero-order valence-electron chi connectivity index (χ0n) is 16.7. The number of rotatable bonds is 2. The molecule has 3 aromatic carbocycles. The molecule has 0 unspecified atom stereocenters. The van der Waals surface area contributed by atoms with Crippen molar-refractivity contribution in [2.45, 2.75) is 30.7 Å². The molecule has 1 aliphatic carbocycles. The summed E-state index contributed by atoms with van der Waals surface area (Å²) in [6, 6.07) is 20.4. The second-order valence-corrected chi connectivity index (χ2v) is 8.74. The lowest BCUT2D eigenvalue weighted by atomic mass is 9.83. The van der Waals surface area contributed by atoms with E-state index in [0.29, 0.717) is 31.5 Å². The molecule has 0 amide bonds. The van der Waals surface area contributed by atoms with Gasteiger partial charge in [0.2, 0.25) is 0 Å². The Bertz CT molecular complexity index is 1090. The van der Waals surface area contributed by atoms with Gasteiger partial charge in [-0.1, -0.05) is 66.2 Å². The maximum absolute atomic E-state index is 13.0. The molecule has 0 bridgehead atoms. The highest BCUT2D eigenvalue weighted by molar-refractivity contribution is 6.31. The Labute approximate surface area is 183 Å². The van der Waals surface area contributed by atoms with Gasteiger partial charge in [-0.15, -0.1) is 0 Å². The summed E-state index contributed by atoms with van der Waals surface area (Å²) in [6.45, 7) is 1.25. The van der Waals surface area contributed by atoms with Crippen LogP contribution < -0.4 is 0 Å². The number of likely N-dealkylation sites (tertiary alicyclic amines) is 1. The van der Waals surface area contributed by atoms with Crippen molar-refractivity contribution in [2.75, 3.05) is 13.1 Å². The van der Waals surface area contributed by atoms with Crippen LogP contribution in [0.25, 0.3) is 11.1 Å². The van der Waals surface area contributed by atoms with E-state index in [9.17, 15) is 18.3 Å². The Morgan fingerprint density at radius 2 is 1.42 bits per heavy atom. The number of hydrogen-bond acceptors (Lipinski definition) is 2. The standard InChI is InChI=1S/C25H21ClF3NO/c26-22-15-16(9-10-21(22)25(27,28)29)24(31)11-13-30(14-12-24)23-19-7-3-1-5-17(19)18-6-2-4-8-20(18)23/h1-10,15,23,31H,11-14H2. The van der Waals surface area contributed by atoms with Gasteiger partial charge in [-0.05, 0) is 52.8 Å². The fourth-order valence-electron chi connectivity index (χ4n) is 5.00. The summed E-state index contributed by atoms with van der Waals surface area (Å²) in [5.74, 6) is 0. The number of alkyl halides is 3. The second-order valence-electron chi connectivity index (χ2n) is 8.34. The highest BCUT2D eigenvalue weighted by atomic mass is 35.5. The average Bonchev–Trinajstić information content (AvgIpc) is 3.08. The molecule has 1 fully saturated rings. The molecule has 0 atom stereocenters. The number of benzene rings is 3. The predicted octanol–water partition coefficient (Wildman–Crippen LogP) is 6.41. The lowest BCUT2D eigenvalue weighted by molar-refractivity contribution is -0.137. The number of hydrogen-bond donors (Lipinski definition) is 1. The molecule has 31 heavy (non-hydrogen) atoms. The maximum Gasteiger partial charge on any atom is 0.417 e. The largest absolute Gasteiger partial charge is 0.417 e. The van der Waals surface area contributed by atoms with Crippen LogP contribution in [0.1, 0.15) is 41.1 Å². The molecule has 0 saturated carbocycles. The van der Waals surface area contributed by atoms with Crippen LogP contribution in [0.2, 0.25) is 5.02 Å². The Hall–Kier alpha value is -2.34. The first kappa shape index (κ1) is 20.6. The van der Waals surface area contributed by atoms with Gasteiger partial charge < -0.3 is 5.11 Å². The van der Waals surface area contributed by atoms with Gasteiger partial charge in [0, 0.05) is 13.1 Å². The van der Waals surface area contributed by atoms with Crippen molar-refractivity contribution in [2.24, 2.45) is 0 Å². The topological polar surface area (TPSA) is 23.5 Å². The molecule has 6 heteroatoms. The van der Waals surface area contributed by atoms with Gasteiger partial charge in [0.15, 0.2) is 0 Å². The van der Waals surface area contributed by atoms with Gasteiger partial charge in [0.05, 0.1) is 22.2 Å². The van der Waals surface area contributed by atoms with Gasteiger partial charge in [-0.3, -0.25) is 4.90 Å². The minimum Gasteiger partial charge on any atom is -0.385 e. The summed E-state index contributed by atoms with van der Waals surface area (Å²) in [5.41, 5.74) is 3.35. The van der Waals surface area contributed by atoms with Gasteiger partial charge in [0.25, 0.3) is 0 Å². The number of aliphatic hydroxyl groups is 1. The third kappa shape index (κ3) is 3.45. The van der Waals surface area contributed by atoms with Crippen molar-refractivity contribution in [3.05, 3.63) is 94.0 Å². The number of piperidine rings is 1. The highest BCUT2D eigenvalue weighted by Crippen LogP contribution is 2.48. The molecule has 160 valence electrons. The second kappa shape index (κ2) is 7.37. The SMILES string of the molecule is OC1(c2ccc(C(F)(F)F)c(Cl)c2)CCN(C2c3ccccc3-c3ccccc32)CC1. The molecule has 5 rings (SSSR count). The van der Waals surface area contributed by atoms with Crippen molar-refractivity contribution in [1.82, 2.24) is 4.90 Å². The van der Waals surface area contributed by atoms with Crippen LogP contribution in [0.5, 0.6) is 0 Å².